The van der Waals surface area contributed by atoms with Gasteiger partial charge in [0.05, 0.1) is 22.2 Å². The maximum atomic E-state index is 12.9. The van der Waals surface area contributed by atoms with Crippen molar-refractivity contribution in [1.29, 1.82) is 5.26 Å². The van der Waals surface area contributed by atoms with Gasteiger partial charge in [0.15, 0.2) is 0 Å². The van der Waals surface area contributed by atoms with E-state index in [1.807, 2.05) is 12.1 Å². The Bertz CT molecular complexity index is 882. The van der Waals surface area contributed by atoms with Crippen molar-refractivity contribution in [2.75, 3.05) is 11.4 Å². The molecule has 0 bridgehead atoms. The Labute approximate surface area is 137 Å². The summed E-state index contributed by atoms with van der Waals surface area (Å²) in [5, 5.41) is 8.98. The van der Waals surface area contributed by atoms with E-state index < -0.39 is 10.0 Å². The molecule has 5 heteroatoms. The zero-order valence-electron chi connectivity index (χ0n) is 13.0. The highest BCUT2D eigenvalue weighted by atomic mass is 32.2. The average Bonchev–Trinajstić information content (AvgIpc) is 2.60. The van der Waals surface area contributed by atoms with Crippen molar-refractivity contribution >= 4 is 15.7 Å². The predicted octanol–water partition coefficient (Wildman–Crippen LogP) is 3.26. The van der Waals surface area contributed by atoms with Gasteiger partial charge in [-0.1, -0.05) is 12.1 Å². The highest BCUT2D eigenvalue weighted by Gasteiger charge is 2.23. The first kappa shape index (κ1) is 15.6. The van der Waals surface area contributed by atoms with Crippen LogP contribution >= 0.6 is 0 Å². The molecule has 4 nitrogen and oxygen atoms in total. The number of rotatable bonds is 3. The first-order valence-electron chi connectivity index (χ1n) is 7.63. The Hall–Kier alpha value is -2.32. The smallest absolute Gasteiger partial charge is 0.264 e. The number of nitrogens with zero attached hydrogens (tertiary/aromatic N) is 2. The summed E-state index contributed by atoms with van der Waals surface area (Å²) in [6.45, 7) is 0. The maximum absolute atomic E-state index is 12.9. The minimum absolute atomic E-state index is 0.308. The molecule has 2 aromatic rings. The van der Waals surface area contributed by atoms with E-state index in [1.165, 1.54) is 23.3 Å². The molecule has 1 aliphatic carbocycles. The number of aryl methyl sites for hydroxylation is 2. The molecule has 0 saturated carbocycles. The molecule has 0 radical (unpaired) electrons. The molecule has 0 aromatic heterocycles. The Balaban J connectivity index is 1.99. The standard InChI is InChI=1S/C18H18N2O2S/c1-20(17-8-4-5-14(11-17)13-19)23(21,22)18-10-9-15-6-2-3-7-16(15)12-18/h4-5,8-12H,2-3,6-7H2,1H3. The molecule has 0 atom stereocenters. The highest BCUT2D eigenvalue weighted by molar-refractivity contribution is 7.92. The van der Waals surface area contributed by atoms with Crippen LogP contribution in [0.2, 0.25) is 0 Å². The zero-order valence-corrected chi connectivity index (χ0v) is 13.8. The third-order valence-corrected chi connectivity index (χ3v) is 6.10. The number of sulfonamides is 1. The van der Waals surface area contributed by atoms with E-state index in [9.17, 15) is 8.42 Å². The highest BCUT2D eigenvalue weighted by Crippen LogP contribution is 2.27. The Morgan fingerprint density at radius 1 is 1.04 bits per heavy atom. The van der Waals surface area contributed by atoms with Crippen LogP contribution in [0.3, 0.4) is 0 Å². The molecule has 0 unspecified atom stereocenters. The van der Waals surface area contributed by atoms with E-state index in [0.717, 1.165) is 24.8 Å². The average molecular weight is 326 g/mol. The second kappa shape index (κ2) is 6.05. The molecular formula is C18H18N2O2S. The lowest BCUT2D eigenvalue weighted by Gasteiger charge is -2.22. The van der Waals surface area contributed by atoms with Gasteiger partial charge >= 0.3 is 0 Å². The second-order valence-corrected chi connectivity index (χ2v) is 7.74. The fourth-order valence-electron chi connectivity index (χ4n) is 2.94. The summed E-state index contributed by atoms with van der Waals surface area (Å²) < 4.78 is 27.0. The molecule has 118 valence electrons. The zero-order chi connectivity index (χ0) is 16.4. The number of nitriles is 1. The van der Waals surface area contributed by atoms with Crippen LogP contribution in [-0.2, 0) is 22.9 Å². The monoisotopic (exact) mass is 326 g/mol. The molecule has 0 aliphatic heterocycles. The molecule has 0 fully saturated rings. The van der Waals surface area contributed by atoms with Crippen LogP contribution in [0.25, 0.3) is 0 Å². The lowest BCUT2D eigenvalue weighted by molar-refractivity contribution is 0.593. The van der Waals surface area contributed by atoms with E-state index in [-0.39, 0.29) is 0 Å². The van der Waals surface area contributed by atoms with Gasteiger partial charge in [0.1, 0.15) is 0 Å². The van der Waals surface area contributed by atoms with Gasteiger partial charge in [0, 0.05) is 7.05 Å². The quantitative estimate of drug-likeness (QED) is 0.870. The SMILES string of the molecule is CN(c1cccc(C#N)c1)S(=O)(=O)c1ccc2c(c1)CCCC2. The van der Waals surface area contributed by atoms with Crippen LogP contribution in [0.5, 0.6) is 0 Å². The molecule has 0 N–H and O–H groups in total. The normalized spacial score (nSPS) is 13.9. The van der Waals surface area contributed by atoms with Crippen molar-refractivity contribution < 1.29 is 8.42 Å². The first-order valence-corrected chi connectivity index (χ1v) is 9.07. The number of hydrogen-bond acceptors (Lipinski definition) is 3. The fraction of sp³-hybridized carbons (Fsp3) is 0.278. The summed E-state index contributed by atoms with van der Waals surface area (Å²) in [5.41, 5.74) is 3.32. The molecule has 0 saturated heterocycles. The van der Waals surface area contributed by atoms with E-state index >= 15 is 0 Å². The van der Waals surface area contributed by atoms with Crippen molar-refractivity contribution in [2.24, 2.45) is 0 Å². The van der Waals surface area contributed by atoms with E-state index in [2.05, 4.69) is 0 Å². The summed E-state index contributed by atoms with van der Waals surface area (Å²) in [4.78, 5) is 0.308. The van der Waals surface area contributed by atoms with Gasteiger partial charge in [-0.25, -0.2) is 8.42 Å². The molecule has 0 heterocycles. The van der Waals surface area contributed by atoms with Gasteiger partial charge in [-0.15, -0.1) is 0 Å². The van der Waals surface area contributed by atoms with Gasteiger partial charge in [0.25, 0.3) is 10.0 Å². The third-order valence-electron chi connectivity index (χ3n) is 4.32. The van der Waals surface area contributed by atoms with Crippen LogP contribution in [0.15, 0.2) is 47.4 Å². The maximum Gasteiger partial charge on any atom is 0.264 e. The van der Waals surface area contributed by atoms with Crippen molar-refractivity contribution in [3.63, 3.8) is 0 Å². The summed E-state index contributed by atoms with van der Waals surface area (Å²) >= 11 is 0. The number of benzene rings is 2. The Morgan fingerprint density at radius 2 is 1.78 bits per heavy atom. The van der Waals surface area contributed by atoms with Gasteiger partial charge in [-0.2, -0.15) is 5.26 Å². The number of hydrogen-bond donors (Lipinski definition) is 0. The summed E-state index contributed by atoms with van der Waals surface area (Å²) in [5.74, 6) is 0. The third kappa shape index (κ3) is 2.95. The fourth-order valence-corrected chi connectivity index (χ4v) is 4.18. The van der Waals surface area contributed by atoms with Crippen molar-refractivity contribution in [3.8, 4) is 6.07 Å². The van der Waals surface area contributed by atoms with Crippen LogP contribution in [0.1, 0.15) is 29.5 Å². The summed E-state index contributed by atoms with van der Waals surface area (Å²) in [7, 11) is -2.11. The molecule has 23 heavy (non-hydrogen) atoms. The van der Waals surface area contributed by atoms with E-state index in [4.69, 9.17) is 5.26 Å². The molecular weight excluding hydrogens is 308 g/mol. The second-order valence-electron chi connectivity index (χ2n) is 5.77. The van der Waals surface area contributed by atoms with Crippen LogP contribution < -0.4 is 4.31 Å². The summed E-state index contributed by atoms with van der Waals surface area (Å²) in [6, 6.07) is 14.1. The van der Waals surface area contributed by atoms with E-state index in [1.54, 1.807) is 36.4 Å². The lowest BCUT2D eigenvalue weighted by atomic mass is 9.92. The largest absolute Gasteiger partial charge is 0.269 e. The van der Waals surface area contributed by atoms with Crippen LogP contribution in [-0.4, -0.2) is 15.5 Å². The topological polar surface area (TPSA) is 61.2 Å². The van der Waals surface area contributed by atoms with Crippen molar-refractivity contribution in [2.45, 2.75) is 30.6 Å². The molecule has 1 aliphatic rings. The Kier molecular flexibility index (Phi) is 4.10. The van der Waals surface area contributed by atoms with Crippen molar-refractivity contribution in [3.05, 3.63) is 59.2 Å². The molecule has 0 spiro atoms. The van der Waals surface area contributed by atoms with Crippen LogP contribution in [0, 0.1) is 11.3 Å². The van der Waals surface area contributed by atoms with Crippen molar-refractivity contribution in [1.82, 2.24) is 0 Å². The van der Waals surface area contributed by atoms with Gasteiger partial charge in [0.2, 0.25) is 0 Å². The predicted molar refractivity (Wildman–Crippen MR) is 89.8 cm³/mol. The Morgan fingerprint density at radius 3 is 2.52 bits per heavy atom. The first-order chi connectivity index (χ1) is 11.0. The number of fused-ring (bicyclic) bond motifs is 1. The molecule has 3 rings (SSSR count). The summed E-state index contributed by atoms with van der Waals surface area (Å²) in [6.07, 6.45) is 4.23. The van der Waals surface area contributed by atoms with Crippen LogP contribution in [0.4, 0.5) is 5.69 Å². The molecule has 0 amide bonds. The lowest BCUT2D eigenvalue weighted by Crippen LogP contribution is -2.26. The number of anilines is 1. The van der Waals surface area contributed by atoms with Gasteiger partial charge in [-0.3, -0.25) is 4.31 Å². The van der Waals surface area contributed by atoms with E-state index in [0.29, 0.717) is 16.1 Å². The van der Waals surface area contributed by atoms with Gasteiger partial charge in [-0.05, 0) is 67.1 Å². The molecule has 2 aromatic carbocycles. The van der Waals surface area contributed by atoms with Gasteiger partial charge < -0.3 is 0 Å². The minimum atomic E-state index is -3.63. The minimum Gasteiger partial charge on any atom is -0.269 e.